The standard InChI is InChI=1S/C12H20N2O2/c13-9-5-4-8(6-9)12(16)14-10-2-1-3-11(15)7-10/h4-5,8-11,15H,1-3,6-7,13H2,(H,14,16). The monoisotopic (exact) mass is 224 g/mol. The van der Waals surface area contributed by atoms with Gasteiger partial charge in [-0.25, -0.2) is 0 Å². The molecule has 2 aliphatic rings. The number of aliphatic hydroxyl groups is 1. The molecule has 4 heteroatoms. The van der Waals surface area contributed by atoms with E-state index >= 15 is 0 Å². The van der Waals surface area contributed by atoms with Crippen molar-refractivity contribution in [1.82, 2.24) is 5.32 Å². The van der Waals surface area contributed by atoms with E-state index in [1.54, 1.807) is 0 Å². The maximum atomic E-state index is 11.9. The number of carbonyl (C=O) groups is 1. The third-order valence-corrected chi connectivity index (χ3v) is 3.45. The van der Waals surface area contributed by atoms with Crippen LogP contribution in [0.2, 0.25) is 0 Å². The topological polar surface area (TPSA) is 75.4 Å². The molecular formula is C12H20N2O2. The molecule has 0 radical (unpaired) electrons. The molecule has 0 aromatic heterocycles. The van der Waals surface area contributed by atoms with E-state index in [0.29, 0.717) is 12.8 Å². The summed E-state index contributed by atoms with van der Waals surface area (Å²) < 4.78 is 0. The van der Waals surface area contributed by atoms with Crippen LogP contribution in [0.4, 0.5) is 0 Å². The first-order valence-electron chi connectivity index (χ1n) is 6.07. The highest BCUT2D eigenvalue weighted by atomic mass is 16.3. The van der Waals surface area contributed by atoms with E-state index in [0.717, 1.165) is 19.3 Å². The second kappa shape index (κ2) is 4.97. The highest BCUT2D eigenvalue weighted by Gasteiger charge is 2.27. The molecule has 90 valence electrons. The molecular weight excluding hydrogens is 204 g/mol. The second-order valence-corrected chi connectivity index (χ2v) is 4.92. The van der Waals surface area contributed by atoms with Crippen molar-refractivity contribution in [1.29, 1.82) is 0 Å². The van der Waals surface area contributed by atoms with E-state index in [2.05, 4.69) is 5.32 Å². The van der Waals surface area contributed by atoms with Crippen LogP contribution in [-0.4, -0.2) is 29.2 Å². The Kier molecular flexibility index (Phi) is 3.61. The number of nitrogens with two attached hydrogens (primary N) is 1. The summed E-state index contributed by atoms with van der Waals surface area (Å²) in [6.07, 6.45) is 7.76. The van der Waals surface area contributed by atoms with E-state index in [1.165, 1.54) is 0 Å². The number of rotatable bonds is 2. The Morgan fingerprint density at radius 3 is 2.75 bits per heavy atom. The molecule has 0 saturated heterocycles. The fourth-order valence-electron chi connectivity index (χ4n) is 2.52. The molecule has 0 spiro atoms. The molecule has 4 N–H and O–H groups in total. The molecule has 1 amide bonds. The largest absolute Gasteiger partial charge is 0.393 e. The van der Waals surface area contributed by atoms with E-state index < -0.39 is 0 Å². The zero-order chi connectivity index (χ0) is 11.5. The first kappa shape index (κ1) is 11.6. The average molecular weight is 224 g/mol. The Morgan fingerprint density at radius 2 is 2.12 bits per heavy atom. The number of hydrogen-bond donors (Lipinski definition) is 3. The molecule has 0 aromatic rings. The number of amides is 1. The van der Waals surface area contributed by atoms with Crippen molar-refractivity contribution in [2.24, 2.45) is 11.7 Å². The lowest BCUT2D eigenvalue weighted by atomic mass is 9.92. The minimum absolute atomic E-state index is 0.0210. The molecule has 16 heavy (non-hydrogen) atoms. The number of hydrogen-bond acceptors (Lipinski definition) is 3. The lowest BCUT2D eigenvalue weighted by Gasteiger charge is -2.27. The van der Waals surface area contributed by atoms with Crippen LogP contribution < -0.4 is 11.1 Å². The first-order valence-corrected chi connectivity index (χ1v) is 6.07. The Hall–Kier alpha value is -0.870. The van der Waals surface area contributed by atoms with Crippen molar-refractivity contribution in [3.63, 3.8) is 0 Å². The fourth-order valence-corrected chi connectivity index (χ4v) is 2.52. The van der Waals surface area contributed by atoms with Crippen molar-refractivity contribution >= 4 is 5.91 Å². The minimum atomic E-state index is -0.250. The average Bonchev–Trinajstić information content (AvgIpc) is 2.65. The predicted molar refractivity (Wildman–Crippen MR) is 61.6 cm³/mol. The van der Waals surface area contributed by atoms with Gasteiger partial charge in [-0.2, -0.15) is 0 Å². The van der Waals surface area contributed by atoms with E-state index in [4.69, 9.17) is 5.73 Å². The number of aliphatic hydroxyl groups excluding tert-OH is 1. The van der Waals surface area contributed by atoms with E-state index in [9.17, 15) is 9.90 Å². The van der Waals surface area contributed by atoms with Crippen LogP contribution in [0.25, 0.3) is 0 Å². The third-order valence-electron chi connectivity index (χ3n) is 3.45. The Balaban J connectivity index is 1.80. The maximum absolute atomic E-state index is 11.9. The molecule has 0 aliphatic heterocycles. The Bertz CT molecular complexity index is 291. The van der Waals surface area contributed by atoms with Crippen LogP contribution in [0.3, 0.4) is 0 Å². The highest BCUT2D eigenvalue weighted by molar-refractivity contribution is 5.81. The van der Waals surface area contributed by atoms with Gasteiger partial charge in [0.2, 0.25) is 5.91 Å². The SMILES string of the molecule is NC1C=CC(C(=O)NC2CCCC(O)C2)C1. The zero-order valence-corrected chi connectivity index (χ0v) is 9.43. The molecule has 4 unspecified atom stereocenters. The fraction of sp³-hybridized carbons (Fsp3) is 0.750. The maximum Gasteiger partial charge on any atom is 0.227 e. The van der Waals surface area contributed by atoms with Gasteiger partial charge in [-0.15, -0.1) is 0 Å². The molecule has 1 saturated carbocycles. The van der Waals surface area contributed by atoms with Gasteiger partial charge in [0, 0.05) is 12.1 Å². The minimum Gasteiger partial charge on any atom is -0.393 e. The van der Waals surface area contributed by atoms with Crippen molar-refractivity contribution in [2.45, 2.75) is 50.3 Å². The summed E-state index contributed by atoms with van der Waals surface area (Å²) in [6, 6.07) is 0.161. The van der Waals surface area contributed by atoms with Crippen molar-refractivity contribution < 1.29 is 9.90 Å². The molecule has 0 bridgehead atoms. The molecule has 0 aromatic carbocycles. The van der Waals surface area contributed by atoms with E-state index in [1.807, 2.05) is 12.2 Å². The van der Waals surface area contributed by atoms with Gasteiger partial charge in [-0.1, -0.05) is 12.2 Å². The van der Waals surface area contributed by atoms with Crippen LogP contribution >= 0.6 is 0 Å². The van der Waals surface area contributed by atoms with Crippen LogP contribution in [0.1, 0.15) is 32.1 Å². The van der Waals surface area contributed by atoms with Crippen LogP contribution in [0.15, 0.2) is 12.2 Å². The first-order chi connectivity index (χ1) is 7.65. The molecule has 4 nitrogen and oxygen atoms in total. The summed E-state index contributed by atoms with van der Waals surface area (Å²) in [4.78, 5) is 11.9. The van der Waals surface area contributed by atoms with Gasteiger partial charge in [0.05, 0.1) is 12.0 Å². The van der Waals surface area contributed by atoms with Crippen molar-refractivity contribution in [2.75, 3.05) is 0 Å². The second-order valence-electron chi connectivity index (χ2n) is 4.92. The predicted octanol–water partition coefficient (Wildman–Crippen LogP) is 0.309. The highest BCUT2D eigenvalue weighted by Crippen LogP contribution is 2.21. The van der Waals surface area contributed by atoms with Gasteiger partial charge in [0.25, 0.3) is 0 Å². The quantitative estimate of drug-likeness (QED) is 0.591. The summed E-state index contributed by atoms with van der Waals surface area (Å²) in [5.41, 5.74) is 5.71. The van der Waals surface area contributed by atoms with Crippen LogP contribution in [0.5, 0.6) is 0 Å². The smallest absolute Gasteiger partial charge is 0.227 e. The normalized spacial score (nSPS) is 38.6. The van der Waals surface area contributed by atoms with E-state index in [-0.39, 0.29) is 30.0 Å². The van der Waals surface area contributed by atoms with Crippen LogP contribution in [-0.2, 0) is 4.79 Å². The molecule has 0 heterocycles. The zero-order valence-electron chi connectivity index (χ0n) is 9.43. The molecule has 2 aliphatic carbocycles. The van der Waals surface area contributed by atoms with Gasteiger partial charge < -0.3 is 16.2 Å². The van der Waals surface area contributed by atoms with Gasteiger partial charge in [-0.3, -0.25) is 4.79 Å². The lowest BCUT2D eigenvalue weighted by Crippen LogP contribution is -2.42. The summed E-state index contributed by atoms with van der Waals surface area (Å²) in [5.74, 6) is -0.0163. The summed E-state index contributed by atoms with van der Waals surface area (Å²) in [7, 11) is 0. The van der Waals surface area contributed by atoms with Gasteiger partial charge in [0.1, 0.15) is 0 Å². The Morgan fingerprint density at radius 1 is 1.31 bits per heavy atom. The third kappa shape index (κ3) is 2.83. The number of nitrogens with one attached hydrogen (secondary N) is 1. The summed E-state index contributed by atoms with van der Waals surface area (Å²) in [6.45, 7) is 0. The summed E-state index contributed by atoms with van der Waals surface area (Å²) in [5, 5.41) is 12.5. The van der Waals surface area contributed by atoms with Gasteiger partial charge in [0.15, 0.2) is 0 Å². The molecule has 2 rings (SSSR count). The number of carbonyl (C=O) groups excluding carboxylic acids is 1. The van der Waals surface area contributed by atoms with Gasteiger partial charge >= 0.3 is 0 Å². The van der Waals surface area contributed by atoms with Crippen LogP contribution in [0, 0.1) is 5.92 Å². The van der Waals surface area contributed by atoms with Crippen molar-refractivity contribution in [3.05, 3.63) is 12.2 Å². The lowest BCUT2D eigenvalue weighted by molar-refractivity contribution is -0.124. The molecule has 4 atom stereocenters. The molecule has 1 fully saturated rings. The summed E-state index contributed by atoms with van der Waals surface area (Å²) >= 11 is 0. The van der Waals surface area contributed by atoms with Gasteiger partial charge in [-0.05, 0) is 32.1 Å². The Labute approximate surface area is 95.9 Å². The van der Waals surface area contributed by atoms with Crippen molar-refractivity contribution in [3.8, 4) is 0 Å².